The average molecular weight is 299 g/mol. The number of rotatable bonds is 5. The number of carbonyl (C=O) groups excluding carboxylic acids is 1. The number of amides is 1. The molecule has 0 heterocycles. The molecule has 0 radical (unpaired) electrons. The number of carboxylic acid groups (broad SMARTS) is 1. The smallest absolute Gasteiger partial charge is 0.307 e. The number of nitrogens with one attached hydrogen (secondary N) is 1. The molecule has 0 spiro atoms. The van der Waals surface area contributed by atoms with Crippen molar-refractivity contribution in [1.29, 1.82) is 0 Å². The zero-order chi connectivity index (χ0) is 15.5. The van der Waals surface area contributed by atoms with Gasteiger partial charge in [-0.1, -0.05) is 42.5 Å². The van der Waals surface area contributed by atoms with Crippen molar-refractivity contribution in [2.45, 2.75) is 19.3 Å². The zero-order valence-corrected chi connectivity index (χ0v) is 12.4. The van der Waals surface area contributed by atoms with Gasteiger partial charge in [0, 0.05) is 6.54 Å². The predicted molar refractivity (Wildman–Crippen MR) is 83.1 cm³/mol. The molecule has 3 aliphatic rings. The molecule has 0 saturated heterocycles. The first-order valence-corrected chi connectivity index (χ1v) is 7.89. The van der Waals surface area contributed by atoms with E-state index in [9.17, 15) is 14.7 Å². The first kappa shape index (κ1) is 14.8. The average Bonchev–Trinajstić information content (AvgIpc) is 2.55. The van der Waals surface area contributed by atoms with Crippen LogP contribution < -0.4 is 5.32 Å². The third-order valence-electron chi connectivity index (χ3n) is 4.89. The quantitative estimate of drug-likeness (QED) is 0.820. The molecular formula is C18H21NO3. The fraction of sp³-hybridized carbons (Fsp3) is 0.444. The zero-order valence-electron chi connectivity index (χ0n) is 12.4. The molecule has 1 saturated carbocycles. The molecule has 0 unspecified atom stereocenters. The van der Waals surface area contributed by atoms with E-state index in [0.29, 0.717) is 6.54 Å². The van der Waals surface area contributed by atoms with Crippen LogP contribution in [0.15, 0.2) is 42.5 Å². The molecule has 3 aliphatic carbocycles. The van der Waals surface area contributed by atoms with Crippen LogP contribution in [0.1, 0.15) is 18.4 Å². The fourth-order valence-corrected chi connectivity index (χ4v) is 3.78. The van der Waals surface area contributed by atoms with Gasteiger partial charge in [-0.25, -0.2) is 0 Å². The highest BCUT2D eigenvalue weighted by Crippen LogP contribution is 2.44. The van der Waals surface area contributed by atoms with E-state index >= 15 is 0 Å². The van der Waals surface area contributed by atoms with E-state index in [0.717, 1.165) is 19.3 Å². The molecular weight excluding hydrogens is 278 g/mol. The van der Waals surface area contributed by atoms with Crippen molar-refractivity contribution in [1.82, 2.24) is 5.32 Å². The molecule has 1 aromatic rings. The molecule has 1 fully saturated rings. The molecule has 1 aromatic carbocycles. The van der Waals surface area contributed by atoms with Crippen LogP contribution in [-0.2, 0) is 16.0 Å². The first-order chi connectivity index (χ1) is 10.7. The van der Waals surface area contributed by atoms with Crippen molar-refractivity contribution in [3.8, 4) is 0 Å². The molecule has 2 N–H and O–H groups in total. The van der Waals surface area contributed by atoms with Gasteiger partial charge in [0.2, 0.25) is 5.91 Å². The van der Waals surface area contributed by atoms with Gasteiger partial charge in [0.15, 0.2) is 0 Å². The van der Waals surface area contributed by atoms with E-state index in [-0.39, 0.29) is 17.7 Å². The van der Waals surface area contributed by atoms with Gasteiger partial charge < -0.3 is 10.4 Å². The second-order valence-electron chi connectivity index (χ2n) is 6.21. The van der Waals surface area contributed by atoms with Crippen LogP contribution in [0.25, 0.3) is 0 Å². The summed E-state index contributed by atoms with van der Waals surface area (Å²) in [5.74, 6) is -1.86. The first-order valence-electron chi connectivity index (χ1n) is 7.89. The summed E-state index contributed by atoms with van der Waals surface area (Å²) in [5.41, 5.74) is 1.17. The van der Waals surface area contributed by atoms with Gasteiger partial charge in [-0.15, -0.1) is 0 Å². The van der Waals surface area contributed by atoms with E-state index < -0.39 is 17.8 Å². The SMILES string of the molecule is O=C(O)[C@@H]1[C@H](C(=O)NCCc2ccccc2)[C@H]2C=C[C@H]1CC2. The summed E-state index contributed by atoms with van der Waals surface area (Å²) in [7, 11) is 0. The van der Waals surface area contributed by atoms with Gasteiger partial charge in [-0.3, -0.25) is 9.59 Å². The molecule has 116 valence electrons. The maximum atomic E-state index is 12.5. The maximum absolute atomic E-state index is 12.5. The highest BCUT2D eigenvalue weighted by atomic mass is 16.4. The summed E-state index contributed by atoms with van der Waals surface area (Å²) >= 11 is 0. The lowest BCUT2D eigenvalue weighted by atomic mass is 9.62. The molecule has 22 heavy (non-hydrogen) atoms. The van der Waals surface area contributed by atoms with Gasteiger partial charge in [-0.05, 0) is 36.7 Å². The highest BCUT2D eigenvalue weighted by Gasteiger charge is 2.47. The lowest BCUT2D eigenvalue weighted by Gasteiger charge is -2.41. The number of hydrogen-bond acceptors (Lipinski definition) is 2. The van der Waals surface area contributed by atoms with Crippen molar-refractivity contribution in [3.63, 3.8) is 0 Å². The summed E-state index contributed by atoms with van der Waals surface area (Å²) in [6, 6.07) is 9.96. The van der Waals surface area contributed by atoms with Crippen molar-refractivity contribution in [2.24, 2.45) is 23.7 Å². The molecule has 4 nitrogen and oxygen atoms in total. The number of benzene rings is 1. The normalized spacial score (nSPS) is 29.3. The number of fused-ring (bicyclic) bond motifs is 2. The Balaban J connectivity index is 1.61. The molecule has 4 rings (SSSR count). The standard InChI is InChI=1S/C18H21NO3/c20-17(19-11-10-12-4-2-1-3-5-12)15-13-6-8-14(9-7-13)16(15)18(21)22/h1-6,8,13-16H,7,9-11H2,(H,19,20)(H,21,22)/t13-,14-,15+,16-/m0/s1. The Morgan fingerprint density at radius 2 is 1.68 bits per heavy atom. The summed E-state index contributed by atoms with van der Waals surface area (Å²) in [5, 5.41) is 12.4. The van der Waals surface area contributed by atoms with Crippen molar-refractivity contribution >= 4 is 11.9 Å². The van der Waals surface area contributed by atoms with Gasteiger partial charge >= 0.3 is 5.97 Å². The van der Waals surface area contributed by atoms with Crippen LogP contribution in [0.5, 0.6) is 0 Å². The Morgan fingerprint density at radius 3 is 2.27 bits per heavy atom. The Hall–Kier alpha value is -2.10. The monoisotopic (exact) mass is 299 g/mol. The van der Waals surface area contributed by atoms with Crippen molar-refractivity contribution < 1.29 is 14.7 Å². The maximum Gasteiger partial charge on any atom is 0.307 e. The van der Waals surface area contributed by atoms with Crippen LogP contribution >= 0.6 is 0 Å². The third-order valence-corrected chi connectivity index (χ3v) is 4.89. The Morgan fingerprint density at radius 1 is 1.05 bits per heavy atom. The van der Waals surface area contributed by atoms with Crippen molar-refractivity contribution in [2.75, 3.05) is 6.54 Å². The van der Waals surface area contributed by atoms with E-state index in [2.05, 4.69) is 5.32 Å². The Labute approximate surface area is 130 Å². The topological polar surface area (TPSA) is 66.4 Å². The fourth-order valence-electron chi connectivity index (χ4n) is 3.78. The minimum atomic E-state index is -0.845. The minimum Gasteiger partial charge on any atom is -0.481 e. The Kier molecular flexibility index (Phi) is 4.27. The molecule has 4 heteroatoms. The summed E-state index contributed by atoms with van der Waals surface area (Å²) < 4.78 is 0. The summed E-state index contributed by atoms with van der Waals surface area (Å²) in [4.78, 5) is 24.0. The summed E-state index contributed by atoms with van der Waals surface area (Å²) in [6.07, 6.45) is 6.59. The lowest BCUT2D eigenvalue weighted by molar-refractivity contribution is -0.152. The van der Waals surface area contributed by atoms with Gasteiger partial charge in [-0.2, -0.15) is 0 Å². The van der Waals surface area contributed by atoms with Crippen LogP contribution in [0.3, 0.4) is 0 Å². The molecule has 4 atom stereocenters. The largest absolute Gasteiger partial charge is 0.481 e. The van der Waals surface area contributed by atoms with E-state index in [1.165, 1.54) is 5.56 Å². The van der Waals surface area contributed by atoms with Crippen molar-refractivity contribution in [3.05, 3.63) is 48.0 Å². The number of allylic oxidation sites excluding steroid dienone is 2. The van der Waals surface area contributed by atoms with Gasteiger partial charge in [0.25, 0.3) is 0 Å². The molecule has 1 amide bonds. The third kappa shape index (κ3) is 2.91. The number of carbonyl (C=O) groups is 2. The number of carboxylic acids is 1. The molecule has 2 bridgehead atoms. The molecule has 0 aliphatic heterocycles. The van der Waals surface area contributed by atoms with Crippen LogP contribution in [0.2, 0.25) is 0 Å². The van der Waals surface area contributed by atoms with E-state index in [1.54, 1.807) is 0 Å². The van der Waals surface area contributed by atoms with E-state index in [4.69, 9.17) is 0 Å². The lowest BCUT2D eigenvalue weighted by Crippen LogP contribution is -2.49. The Bertz CT molecular complexity index is 581. The minimum absolute atomic E-state index is 0.00683. The van der Waals surface area contributed by atoms with Gasteiger partial charge in [0.05, 0.1) is 11.8 Å². The predicted octanol–water partition coefficient (Wildman–Crippen LogP) is 2.26. The van der Waals surface area contributed by atoms with Gasteiger partial charge in [0.1, 0.15) is 0 Å². The van der Waals surface area contributed by atoms with Crippen LogP contribution in [0.4, 0.5) is 0 Å². The second kappa shape index (κ2) is 6.34. The van der Waals surface area contributed by atoms with Crippen LogP contribution in [-0.4, -0.2) is 23.5 Å². The second-order valence-corrected chi connectivity index (χ2v) is 6.21. The van der Waals surface area contributed by atoms with Crippen LogP contribution in [0, 0.1) is 23.7 Å². The molecule has 0 aromatic heterocycles. The number of hydrogen-bond donors (Lipinski definition) is 2. The number of aliphatic carboxylic acids is 1. The highest BCUT2D eigenvalue weighted by molar-refractivity contribution is 5.86. The summed E-state index contributed by atoms with van der Waals surface area (Å²) in [6.45, 7) is 0.548. The van der Waals surface area contributed by atoms with E-state index in [1.807, 2.05) is 42.5 Å².